The van der Waals surface area contributed by atoms with Gasteiger partial charge in [0.25, 0.3) is 0 Å². The fourth-order valence-electron chi connectivity index (χ4n) is 4.62. The lowest BCUT2D eigenvalue weighted by molar-refractivity contribution is 0.245. The molecule has 210 valence electrons. The molecule has 0 spiro atoms. The summed E-state index contributed by atoms with van der Waals surface area (Å²) in [5.41, 5.74) is 11.4. The fraction of sp³-hybridized carbons (Fsp3) is 0.219. The van der Waals surface area contributed by atoms with E-state index in [0.717, 1.165) is 47.0 Å². The number of aromatic amines is 1. The Morgan fingerprint density at radius 2 is 1.80 bits per heavy atom. The van der Waals surface area contributed by atoms with Crippen LogP contribution in [-0.4, -0.2) is 34.7 Å². The average molecular weight is 551 g/mol. The highest BCUT2D eigenvalue weighted by atomic mass is 16.5. The maximum Gasteiger partial charge on any atom is 0.322 e. The number of fused-ring (bicyclic) bond motifs is 1. The van der Waals surface area contributed by atoms with Gasteiger partial charge in [0.15, 0.2) is 11.5 Å². The summed E-state index contributed by atoms with van der Waals surface area (Å²) in [6.45, 7) is 1.32. The number of imidazole rings is 1. The van der Waals surface area contributed by atoms with E-state index >= 15 is 0 Å². The number of anilines is 2. The molecule has 0 radical (unpaired) electrons. The van der Waals surface area contributed by atoms with Crippen LogP contribution in [0.3, 0.4) is 0 Å². The minimum absolute atomic E-state index is 0.217. The molecule has 41 heavy (non-hydrogen) atoms. The molecule has 3 aromatic carbocycles. The van der Waals surface area contributed by atoms with E-state index in [1.165, 1.54) is 0 Å². The Labute approximate surface area is 239 Å². The number of H-pyrrole nitrogens is 1. The van der Waals surface area contributed by atoms with Gasteiger partial charge in [0.05, 0.1) is 37.6 Å². The summed E-state index contributed by atoms with van der Waals surface area (Å²) >= 11 is 0. The highest BCUT2D eigenvalue weighted by Gasteiger charge is 2.19. The average Bonchev–Trinajstić information content (AvgIpc) is 3.47. The highest BCUT2D eigenvalue weighted by Crippen LogP contribution is 2.33. The van der Waals surface area contributed by atoms with Crippen LogP contribution in [0, 0.1) is 0 Å². The molecule has 4 N–H and O–H groups in total. The SMILES string of the molecule is COc1cc(N(Cc2ccccc2)C(=O)NCc2ccc3nc[nH]c3c2)ccc1OCCCCc1ccnc(N)c1. The molecule has 5 rings (SSSR count). The number of hydrogen-bond donors (Lipinski definition) is 3. The quantitative estimate of drug-likeness (QED) is 0.167. The smallest absolute Gasteiger partial charge is 0.322 e. The van der Waals surface area contributed by atoms with Crippen molar-refractivity contribution in [3.05, 3.63) is 108 Å². The number of aryl methyl sites for hydroxylation is 1. The van der Waals surface area contributed by atoms with Crippen molar-refractivity contribution in [2.45, 2.75) is 32.4 Å². The van der Waals surface area contributed by atoms with Gasteiger partial charge >= 0.3 is 6.03 Å². The van der Waals surface area contributed by atoms with Gasteiger partial charge in [-0.3, -0.25) is 4.90 Å². The van der Waals surface area contributed by atoms with Crippen LogP contribution in [0.15, 0.2) is 91.4 Å². The first-order valence-electron chi connectivity index (χ1n) is 13.6. The number of aromatic nitrogens is 3. The zero-order valence-electron chi connectivity index (χ0n) is 23.0. The number of rotatable bonds is 12. The van der Waals surface area contributed by atoms with Gasteiger partial charge in [0.1, 0.15) is 5.82 Å². The Balaban J connectivity index is 1.25. The number of nitrogens with one attached hydrogen (secondary N) is 2. The molecule has 0 aliphatic heterocycles. The van der Waals surface area contributed by atoms with Crippen molar-refractivity contribution in [3.8, 4) is 11.5 Å². The second-order valence-corrected chi connectivity index (χ2v) is 9.71. The van der Waals surface area contributed by atoms with E-state index in [-0.39, 0.29) is 6.03 Å². The van der Waals surface area contributed by atoms with Crippen molar-refractivity contribution >= 4 is 28.6 Å². The lowest BCUT2D eigenvalue weighted by Gasteiger charge is -2.24. The Morgan fingerprint density at radius 3 is 2.63 bits per heavy atom. The normalized spacial score (nSPS) is 10.9. The summed E-state index contributed by atoms with van der Waals surface area (Å²) in [5, 5.41) is 3.06. The lowest BCUT2D eigenvalue weighted by atomic mass is 10.1. The van der Waals surface area contributed by atoms with Crippen molar-refractivity contribution in [1.29, 1.82) is 0 Å². The number of amides is 2. The van der Waals surface area contributed by atoms with Gasteiger partial charge in [-0.05, 0) is 72.4 Å². The Hall–Kier alpha value is -5.05. The number of nitrogen functional groups attached to an aromatic ring is 1. The van der Waals surface area contributed by atoms with Gasteiger partial charge in [0.2, 0.25) is 0 Å². The molecule has 2 aromatic heterocycles. The van der Waals surface area contributed by atoms with E-state index in [9.17, 15) is 4.79 Å². The van der Waals surface area contributed by atoms with E-state index in [1.54, 1.807) is 24.5 Å². The molecular weight excluding hydrogens is 516 g/mol. The molecule has 9 nitrogen and oxygen atoms in total. The molecule has 2 amide bonds. The first-order chi connectivity index (χ1) is 20.1. The van der Waals surface area contributed by atoms with E-state index in [0.29, 0.717) is 42.7 Å². The van der Waals surface area contributed by atoms with Crippen molar-refractivity contribution in [3.63, 3.8) is 0 Å². The molecule has 0 aliphatic rings. The first-order valence-corrected chi connectivity index (χ1v) is 13.6. The predicted molar refractivity (Wildman–Crippen MR) is 161 cm³/mol. The third-order valence-electron chi connectivity index (χ3n) is 6.78. The topological polar surface area (TPSA) is 118 Å². The number of urea groups is 1. The molecule has 2 heterocycles. The monoisotopic (exact) mass is 550 g/mol. The molecule has 0 bridgehead atoms. The summed E-state index contributed by atoms with van der Waals surface area (Å²) in [4.78, 5) is 26.6. The van der Waals surface area contributed by atoms with Gasteiger partial charge in [-0.25, -0.2) is 14.8 Å². The maximum atomic E-state index is 13.5. The Morgan fingerprint density at radius 1 is 0.927 bits per heavy atom. The number of unbranched alkanes of at least 4 members (excludes halogenated alkanes) is 1. The number of ether oxygens (including phenoxy) is 2. The van der Waals surface area contributed by atoms with Crippen LogP contribution in [0.25, 0.3) is 11.0 Å². The number of benzene rings is 3. The largest absolute Gasteiger partial charge is 0.493 e. The first kappa shape index (κ1) is 27.5. The van der Waals surface area contributed by atoms with Gasteiger partial charge in [-0.15, -0.1) is 0 Å². The van der Waals surface area contributed by atoms with Crippen molar-refractivity contribution < 1.29 is 14.3 Å². The fourth-order valence-corrected chi connectivity index (χ4v) is 4.62. The van der Waals surface area contributed by atoms with Crippen LogP contribution in [0.1, 0.15) is 29.5 Å². The van der Waals surface area contributed by atoms with E-state index in [2.05, 4.69) is 20.3 Å². The standard InChI is InChI=1S/C32H34N6O3/c1-40-30-19-26(11-13-29(30)41-16-6-5-7-23-14-15-34-31(33)18-23)38(21-24-8-3-2-4-9-24)32(39)35-20-25-10-12-27-28(17-25)37-22-36-27/h2-4,8-15,17-19,22H,5-7,16,20-21H2,1H3,(H2,33,34)(H,35,39)(H,36,37). The molecule has 5 aromatic rings. The number of hydrogen-bond acceptors (Lipinski definition) is 6. The van der Waals surface area contributed by atoms with Crippen molar-refractivity contribution in [2.75, 3.05) is 24.4 Å². The number of nitrogens with zero attached hydrogens (tertiary/aromatic N) is 3. The van der Waals surface area contributed by atoms with Gasteiger partial charge in [0, 0.05) is 24.5 Å². The second-order valence-electron chi connectivity index (χ2n) is 9.71. The van der Waals surface area contributed by atoms with Crippen LogP contribution in [-0.2, 0) is 19.5 Å². The van der Waals surface area contributed by atoms with Crippen molar-refractivity contribution in [2.24, 2.45) is 0 Å². The molecule has 0 unspecified atom stereocenters. The molecule has 9 heteroatoms. The second kappa shape index (κ2) is 13.3. The summed E-state index contributed by atoms with van der Waals surface area (Å²) in [6, 6.07) is 25.0. The lowest BCUT2D eigenvalue weighted by Crippen LogP contribution is -2.39. The summed E-state index contributed by atoms with van der Waals surface area (Å²) in [5.74, 6) is 1.74. The third-order valence-corrected chi connectivity index (χ3v) is 6.78. The molecule has 0 aliphatic carbocycles. The Kier molecular flexibility index (Phi) is 8.95. The third kappa shape index (κ3) is 7.33. The molecular formula is C32H34N6O3. The highest BCUT2D eigenvalue weighted by molar-refractivity contribution is 5.92. The zero-order chi connectivity index (χ0) is 28.4. The molecule has 0 fully saturated rings. The summed E-state index contributed by atoms with van der Waals surface area (Å²) < 4.78 is 11.7. The Bertz CT molecular complexity index is 1590. The number of nitrogens with two attached hydrogens (primary N) is 1. The minimum Gasteiger partial charge on any atom is -0.493 e. The number of carbonyl (C=O) groups excluding carboxylic acids is 1. The van der Waals surface area contributed by atoms with Gasteiger partial charge in [-0.2, -0.15) is 0 Å². The number of carbonyl (C=O) groups is 1. The molecule has 0 atom stereocenters. The van der Waals surface area contributed by atoms with Gasteiger partial charge < -0.3 is 25.5 Å². The summed E-state index contributed by atoms with van der Waals surface area (Å²) in [6.07, 6.45) is 6.14. The van der Waals surface area contributed by atoms with Crippen LogP contribution >= 0.6 is 0 Å². The van der Waals surface area contributed by atoms with Crippen LogP contribution in [0.5, 0.6) is 11.5 Å². The van der Waals surface area contributed by atoms with Crippen LogP contribution in [0.2, 0.25) is 0 Å². The number of methoxy groups -OCH3 is 1. The van der Waals surface area contributed by atoms with Crippen molar-refractivity contribution in [1.82, 2.24) is 20.3 Å². The van der Waals surface area contributed by atoms with E-state index in [1.807, 2.05) is 78.9 Å². The van der Waals surface area contributed by atoms with E-state index < -0.39 is 0 Å². The predicted octanol–water partition coefficient (Wildman–Crippen LogP) is 5.87. The van der Waals surface area contributed by atoms with Crippen LogP contribution < -0.4 is 25.4 Å². The maximum absolute atomic E-state index is 13.5. The minimum atomic E-state index is -0.217. The summed E-state index contributed by atoms with van der Waals surface area (Å²) in [7, 11) is 1.60. The molecule has 0 saturated heterocycles. The van der Waals surface area contributed by atoms with E-state index in [4.69, 9.17) is 15.2 Å². The number of pyridine rings is 1. The van der Waals surface area contributed by atoms with Gasteiger partial charge in [-0.1, -0.05) is 36.4 Å². The molecule has 0 saturated carbocycles. The van der Waals surface area contributed by atoms with Crippen LogP contribution in [0.4, 0.5) is 16.3 Å². The zero-order valence-corrected chi connectivity index (χ0v) is 23.0.